The third-order valence-electron chi connectivity index (χ3n) is 3.39. The molecule has 0 saturated carbocycles. The third kappa shape index (κ3) is 3.73. The second-order valence-electron chi connectivity index (χ2n) is 4.98. The van der Waals surface area contributed by atoms with E-state index in [0.717, 1.165) is 23.5 Å². The van der Waals surface area contributed by atoms with Gasteiger partial charge in [0, 0.05) is 25.7 Å². The van der Waals surface area contributed by atoms with Crippen LogP contribution in [0.25, 0.3) is 0 Å². The molecule has 2 aromatic carbocycles. The first-order valence-corrected chi connectivity index (χ1v) is 6.91. The Balaban J connectivity index is 2.22. The summed E-state index contributed by atoms with van der Waals surface area (Å²) in [6.07, 6.45) is 0. The lowest BCUT2D eigenvalue weighted by molar-refractivity contribution is 0.414. The van der Waals surface area contributed by atoms with Crippen LogP contribution < -0.4 is 15.0 Å². The molecule has 1 N–H and O–H groups in total. The van der Waals surface area contributed by atoms with E-state index in [9.17, 15) is 4.39 Å². The van der Waals surface area contributed by atoms with E-state index in [0.29, 0.717) is 12.1 Å². The SMILES string of the molecule is CNCc1ccc(F)c(CN(C)c2ccccc2OC)c1. The van der Waals surface area contributed by atoms with Crippen LogP contribution in [-0.2, 0) is 13.1 Å². The number of benzene rings is 2. The van der Waals surface area contributed by atoms with Crippen LogP contribution in [-0.4, -0.2) is 21.2 Å². The van der Waals surface area contributed by atoms with Crippen molar-refractivity contribution in [3.8, 4) is 5.75 Å². The van der Waals surface area contributed by atoms with Crippen molar-refractivity contribution < 1.29 is 9.13 Å². The van der Waals surface area contributed by atoms with Crippen molar-refractivity contribution in [1.29, 1.82) is 0 Å². The van der Waals surface area contributed by atoms with Gasteiger partial charge in [-0.05, 0) is 36.9 Å². The predicted octanol–water partition coefficient (Wildman–Crippen LogP) is 3.19. The molecule has 0 spiro atoms. The average Bonchev–Trinajstić information content (AvgIpc) is 2.50. The zero-order valence-electron chi connectivity index (χ0n) is 12.7. The predicted molar refractivity (Wildman–Crippen MR) is 84.3 cm³/mol. The van der Waals surface area contributed by atoms with Gasteiger partial charge in [-0.3, -0.25) is 0 Å². The van der Waals surface area contributed by atoms with Crippen LogP contribution >= 0.6 is 0 Å². The molecule has 0 amide bonds. The molecule has 0 unspecified atom stereocenters. The Hall–Kier alpha value is -2.07. The number of rotatable bonds is 6. The van der Waals surface area contributed by atoms with Gasteiger partial charge in [-0.25, -0.2) is 4.39 Å². The Labute approximate surface area is 125 Å². The lowest BCUT2D eigenvalue weighted by Crippen LogP contribution is -2.18. The number of hydrogen-bond donors (Lipinski definition) is 1. The maximum absolute atomic E-state index is 14.0. The summed E-state index contributed by atoms with van der Waals surface area (Å²) in [5.41, 5.74) is 2.69. The van der Waals surface area contributed by atoms with E-state index < -0.39 is 0 Å². The number of hydrogen-bond acceptors (Lipinski definition) is 3. The molecule has 0 aromatic heterocycles. The summed E-state index contributed by atoms with van der Waals surface area (Å²) in [6.45, 7) is 1.22. The molecule has 0 fully saturated rings. The van der Waals surface area contributed by atoms with E-state index in [1.54, 1.807) is 13.2 Å². The topological polar surface area (TPSA) is 24.5 Å². The monoisotopic (exact) mass is 288 g/mol. The molecular formula is C17H21FN2O. The molecule has 0 bridgehead atoms. The van der Waals surface area contributed by atoms with Crippen LogP contribution in [0.3, 0.4) is 0 Å². The van der Waals surface area contributed by atoms with Gasteiger partial charge < -0.3 is 15.0 Å². The maximum atomic E-state index is 14.0. The zero-order chi connectivity index (χ0) is 15.2. The van der Waals surface area contributed by atoms with Gasteiger partial charge in [0.2, 0.25) is 0 Å². The van der Waals surface area contributed by atoms with Gasteiger partial charge in [0.25, 0.3) is 0 Å². The Kier molecular flexibility index (Phi) is 5.17. The van der Waals surface area contributed by atoms with E-state index >= 15 is 0 Å². The fraction of sp³-hybridized carbons (Fsp3) is 0.294. The van der Waals surface area contributed by atoms with Crippen molar-refractivity contribution in [2.75, 3.05) is 26.1 Å². The third-order valence-corrected chi connectivity index (χ3v) is 3.39. The van der Waals surface area contributed by atoms with Crippen molar-refractivity contribution in [3.63, 3.8) is 0 Å². The molecule has 0 radical (unpaired) electrons. The molecule has 0 atom stereocenters. The highest BCUT2D eigenvalue weighted by atomic mass is 19.1. The maximum Gasteiger partial charge on any atom is 0.142 e. The molecule has 0 aliphatic carbocycles. The van der Waals surface area contributed by atoms with E-state index in [1.807, 2.05) is 49.3 Å². The molecule has 112 valence electrons. The molecule has 3 nitrogen and oxygen atoms in total. The second-order valence-corrected chi connectivity index (χ2v) is 4.98. The van der Waals surface area contributed by atoms with Crippen LogP contribution in [0, 0.1) is 5.82 Å². The summed E-state index contributed by atoms with van der Waals surface area (Å²) >= 11 is 0. The van der Waals surface area contributed by atoms with Crippen molar-refractivity contribution >= 4 is 5.69 Å². The summed E-state index contributed by atoms with van der Waals surface area (Å²) in [7, 11) is 5.45. The number of anilines is 1. The fourth-order valence-electron chi connectivity index (χ4n) is 2.35. The van der Waals surface area contributed by atoms with Gasteiger partial charge in [-0.2, -0.15) is 0 Å². The fourth-order valence-corrected chi connectivity index (χ4v) is 2.35. The molecule has 2 rings (SSSR count). The summed E-state index contributed by atoms with van der Waals surface area (Å²) in [5.74, 6) is 0.600. The van der Waals surface area contributed by atoms with Crippen molar-refractivity contribution in [2.45, 2.75) is 13.1 Å². The summed E-state index contributed by atoms with van der Waals surface area (Å²) in [4.78, 5) is 1.99. The number of nitrogens with zero attached hydrogens (tertiary/aromatic N) is 1. The number of methoxy groups -OCH3 is 1. The van der Waals surface area contributed by atoms with E-state index in [4.69, 9.17) is 4.74 Å². The average molecular weight is 288 g/mol. The Morgan fingerprint density at radius 3 is 2.67 bits per heavy atom. The largest absolute Gasteiger partial charge is 0.495 e. The highest BCUT2D eigenvalue weighted by Gasteiger charge is 2.11. The van der Waals surface area contributed by atoms with Crippen LogP contribution in [0.2, 0.25) is 0 Å². The van der Waals surface area contributed by atoms with E-state index in [-0.39, 0.29) is 5.82 Å². The second kappa shape index (κ2) is 7.09. The van der Waals surface area contributed by atoms with Gasteiger partial charge in [0.05, 0.1) is 12.8 Å². The minimum atomic E-state index is -0.184. The van der Waals surface area contributed by atoms with E-state index in [2.05, 4.69) is 5.32 Å². The summed E-state index contributed by atoms with van der Waals surface area (Å²) in [6, 6.07) is 13.0. The Morgan fingerprint density at radius 2 is 1.95 bits per heavy atom. The first kappa shape index (κ1) is 15.3. The summed E-state index contributed by atoms with van der Waals surface area (Å²) < 4.78 is 19.3. The van der Waals surface area contributed by atoms with Crippen LogP contribution in [0.4, 0.5) is 10.1 Å². The van der Waals surface area contributed by atoms with Crippen LogP contribution in [0.15, 0.2) is 42.5 Å². The highest BCUT2D eigenvalue weighted by Crippen LogP contribution is 2.28. The van der Waals surface area contributed by atoms with Crippen molar-refractivity contribution in [3.05, 3.63) is 59.4 Å². The van der Waals surface area contributed by atoms with Gasteiger partial charge in [-0.15, -0.1) is 0 Å². The normalized spacial score (nSPS) is 10.5. The molecule has 4 heteroatoms. The molecule has 0 aliphatic heterocycles. The molecular weight excluding hydrogens is 267 g/mol. The number of nitrogens with one attached hydrogen (secondary N) is 1. The quantitative estimate of drug-likeness (QED) is 0.883. The molecule has 21 heavy (non-hydrogen) atoms. The molecule has 2 aromatic rings. The van der Waals surface area contributed by atoms with E-state index in [1.165, 1.54) is 6.07 Å². The number of halogens is 1. The summed E-state index contributed by atoms with van der Waals surface area (Å²) in [5, 5.41) is 3.08. The minimum absolute atomic E-state index is 0.184. The smallest absolute Gasteiger partial charge is 0.142 e. The van der Waals surface area contributed by atoms with Crippen LogP contribution in [0.1, 0.15) is 11.1 Å². The van der Waals surface area contributed by atoms with Crippen molar-refractivity contribution in [2.24, 2.45) is 0 Å². The van der Waals surface area contributed by atoms with Gasteiger partial charge in [0.15, 0.2) is 0 Å². The van der Waals surface area contributed by atoms with Gasteiger partial charge in [0.1, 0.15) is 11.6 Å². The van der Waals surface area contributed by atoms with Gasteiger partial charge in [-0.1, -0.05) is 18.2 Å². The Bertz CT molecular complexity index is 601. The van der Waals surface area contributed by atoms with Crippen LogP contribution in [0.5, 0.6) is 5.75 Å². The first-order chi connectivity index (χ1) is 10.2. The lowest BCUT2D eigenvalue weighted by Gasteiger charge is -2.22. The Morgan fingerprint density at radius 1 is 1.19 bits per heavy atom. The standard InChI is InChI=1S/C17H21FN2O/c1-19-11-13-8-9-15(18)14(10-13)12-20(2)16-6-4-5-7-17(16)21-3/h4-10,19H,11-12H2,1-3H3. The molecule has 0 heterocycles. The zero-order valence-corrected chi connectivity index (χ0v) is 12.7. The lowest BCUT2D eigenvalue weighted by atomic mass is 10.1. The highest BCUT2D eigenvalue weighted by molar-refractivity contribution is 5.58. The minimum Gasteiger partial charge on any atom is -0.495 e. The number of ether oxygens (including phenoxy) is 1. The molecule has 0 saturated heterocycles. The molecule has 0 aliphatic rings. The number of para-hydroxylation sites is 2. The first-order valence-electron chi connectivity index (χ1n) is 6.91. The van der Waals surface area contributed by atoms with Crippen molar-refractivity contribution in [1.82, 2.24) is 5.32 Å². The van der Waals surface area contributed by atoms with Gasteiger partial charge >= 0.3 is 0 Å².